The van der Waals surface area contributed by atoms with Gasteiger partial charge >= 0.3 is 0 Å². The number of hydrogen-bond donors (Lipinski definition) is 1. The first-order chi connectivity index (χ1) is 4.06. The highest BCUT2D eigenvalue weighted by Crippen LogP contribution is 1.91. The third kappa shape index (κ3) is 11.1. The van der Waals surface area contributed by atoms with Crippen molar-refractivity contribution in [1.82, 2.24) is 0 Å². The van der Waals surface area contributed by atoms with Crippen LogP contribution in [0.15, 0.2) is 0 Å². The molecule has 0 spiro atoms. The summed E-state index contributed by atoms with van der Waals surface area (Å²) in [6.45, 7) is 0.579. The van der Waals surface area contributed by atoms with Crippen molar-refractivity contribution < 1.29 is 8.42 Å². The molecule has 0 saturated carbocycles. The van der Waals surface area contributed by atoms with E-state index in [0.717, 1.165) is 6.42 Å². The lowest BCUT2D eigenvalue weighted by atomic mass is 10.3. The minimum absolute atomic E-state index is 0. The second kappa shape index (κ2) is 5.95. The molecule has 0 amide bonds. The van der Waals surface area contributed by atoms with E-state index in [9.17, 15) is 8.42 Å². The summed E-state index contributed by atoms with van der Waals surface area (Å²) in [6, 6.07) is 0. The van der Waals surface area contributed by atoms with E-state index in [0.29, 0.717) is 13.0 Å². The summed E-state index contributed by atoms with van der Waals surface area (Å²) in [5, 5.41) is 0. The Balaban J connectivity index is 0. The molecule has 0 aromatic heterocycles. The normalized spacial score (nSPS) is 10.6. The number of rotatable bonds is 4. The summed E-state index contributed by atoms with van der Waals surface area (Å²) in [5.41, 5.74) is 5.16. The van der Waals surface area contributed by atoms with Crippen LogP contribution in [0.25, 0.3) is 0 Å². The predicted molar refractivity (Wildman–Crippen MR) is 45.2 cm³/mol. The van der Waals surface area contributed by atoms with Crippen LogP contribution in [0.3, 0.4) is 0 Å². The molecule has 64 valence electrons. The highest BCUT2D eigenvalue weighted by Gasteiger charge is 1.98. The van der Waals surface area contributed by atoms with Crippen molar-refractivity contribution in [2.75, 3.05) is 18.6 Å². The van der Waals surface area contributed by atoms with Crippen LogP contribution in [0.1, 0.15) is 12.8 Å². The van der Waals surface area contributed by atoms with E-state index in [-0.39, 0.29) is 18.2 Å². The Kier molecular flexibility index (Phi) is 7.63. The number of unbranched alkanes of at least 4 members (excludes halogenated alkanes) is 1. The van der Waals surface area contributed by atoms with Gasteiger partial charge in [0, 0.05) is 12.0 Å². The first-order valence-electron chi connectivity index (χ1n) is 2.94. The molecule has 0 aliphatic heterocycles. The fraction of sp³-hybridized carbons (Fsp3) is 1.00. The monoisotopic (exact) mass is 187 g/mol. The van der Waals surface area contributed by atoms with Crippen molar-refractivity contribution in [2.45, 2.75) is 12.8 Å². The molecular formula is C5H14ClNO2S. The maximum atomic E-state index is 10.5. The topological polar surface area (TPSA) is 60.2 Å². The van der Waals surface area contributed by atoms with Crippen molar-refractivity contribution >= 4 is 22.2 Å². The van der Waals surface area contributed by atoms with E-state index in [1.807, 2.05) is 0 Å². The van der Waals surface area contributed by atoms with Gasteiger partial charge in [0.1, 0.15) is 9.84 Å². The highest BCUT2D eigenvalue weighted by molar-refractivity contribution is 7.90. The second-order valence-corrected chi connectivity index (χ2v) is 4.39. The van der Waals surface area contributed by atoms with Crippen molar-refractivity contribution in [3.8, 4) is 0 Å². The van der Waals surface area contributed by atoms with E-state index in [1.54, 1.807) is 0 Å². The molecule has 0 aromatic carbocycles. The Morgan fingerprint density at radius 3 is 2.10 bits per heavy atom. The summed E-state index contributed by atoms with van der Waals surface area (Å²) in [7, 11) is -2.75. The van der Waals surface area contributed by atoms with Crippen molar-refractivity contribution in [2.24, 2.45) is 5.73 Å². The lowest BCUT2D eigenvalue weighted by molar-refractivity contribution is 0.597. The summed E-state index contributed by atoms with van der Waals surface area (Å²) in [5.74, 6) is 0.268. The lowest BCUT2D eigenvalue weighted by Crippen LogP contribution is -2.06. The molecule has 5 heteroatoms. The second-order valence-electron chi connectivity index (χ2n) is 2.13. The summed E-state index contributed by atoms with van der Waals surface area (Å²) < 4.78 is 20.9. The van der Waals surface area contributed by atoms with Crippen LogP contribution in [0.4, 0.5) is 0 Å². The Labute approximate surface area is 68.3 Å². The third-order valence-corrected chi connectivity index (χ3v) is 2.00. The summed E-state index contributed by atoms with van der Waals surface area (Å²) in [4.78, 5) is 0. The van der Waals surface area contributed by atoms with Crippen LogP contribution in [0.5, 0.6) is 0 Å². The van der Waals surface area contributed by atoms with Gasteiger partial charge in [0.05, 0.1) is 0 Å². The van der Waals surface area contributed by atoms with Crippen LogP contribution in [0, 0.1) is 0 Å². The summed E-state index contributed by atoms with van der Waals surface area (Å²) >= 11 is 0. The highest BCUT2D eigenvalue weighted by atomic mass is 35.5. The summed E-state index contributed by atoms with van der Waals surface area (Å²) in [6.07, 6.45) is 2.73. The van der Waals surface area contributed by atoms with Gasteiger partial charge in [-0.15, -0.1) is 12.4 Å². The number of halogens is 1. The molecule has 0 radical (unpaired) electrons. The van der Waals surface area contributed by atoms with Crippen LogP contribution >= 0.6 is 12.4 Å². The molecule has 0 saturated heterocycles. The SMILES string of the molecule is CS(=O)(=O)CCCCN.Cl. The molecule has 3 nitrogen and oxygen atoms in total. The number of sulfone groups is 1. The third-order valence-electron chi connectivity index (χ3n) is 0.969. The van der Waals surface area contributed by atoms with Crippen molar-refractivity contribution in [3.63, 3.8) is 0 Å². The van der Waals surface area contributed by atoms with Gasteiger partial charge < -0.3 is 5.73 Å². The fourth-order valence-corrected chi connectivity index (χ4v) is 1.24. The van der Waals surface area contributed by atoms with Gasteiger partial charge in [-0.3, -0.25) is 0 Å². The molecule has 0 unspecified atom stereocenters. The van der Waals surface area contributed by atoms with Crippen molar-refractivity contribution in [3.05, 3.63) is 0 Å². The molecule has 0 bridgehead atoms. The van der Waals surface area contributed by atoms with Gasteiger partial charge in [0.15, 0.2) is 0 Å². The molecule has 0 heterocycles. The molecular weight excluding hydrogens is 174 g/mol. The van der Waals surface area contributed by atoms with Gasteiger partial charge in [-0.05, 0) is 19.4 Å². The van der Waals surface area contributed by atoms with Gasteiger partial charge in [-0.1, -0.05) is 0 Å². The maximum absolute atomic E-state index is 10.5. The zero-order valence-electron chi connectivity index (χ0n) is 6.04. The molecule has 0 rings (SSSR count). The molecule has 0 aromatic rings. The zero-order chi connectivity index (χ0) is 7.33. The molecule has 10 heavy (non-hydrogen) atoms. The van der Waals surface area contributed by atoms with E-state index in [2.05, 4.69) is 0 Å². The number of nitrogens with two attached hydrogens (primary N) is 1. The van der Waals surface area contributed by atoms with Crippen molar-refractivity contribution in [1.29, 1.82) is 0 Å². The Bertz CT molecular complexity index is 155. The molecule has 0 fully saturated rings. The average Bonchev–Trinajstić information content (AvgIpc) is 1.63. The quantitative estimate of drug-likeness (QED) is 0.640. The largest absolute Gasteiger partial charge is 0.330 e. The average molecular weight is 188 g/mol. The first-order valence-corrected chi connectivity index (χ1v) is 5.00. The van der Waals surface area contributed by atoms with Crippen LogP contribution < -0.4 is 5.73 Å². The predicted octanol–water partition coefficient (Wildman–Crippen LogP) is 0.192. The van der Waals surface area contributed by atoms with Gasteiger partial charge in [-0.25, -0.2) is 8.42 Å². The molecule has 0 aliphatic rings. The lowest BCUT2D eigenvalue weighted by Gasteiger charge is -1.94. The van der Waals surface area contributed by atoms with Crippen LogP contribution in [0.2, 0.25) is 0 Å². The first kappa shape index (κ1) is 12.8. The molecule has 2 N–H and O–H groups in total. The van der Waals surface area contributed by atoms with Gasteiger partial charge in [0.2, 0.25) is 0 Å². The Hall–Kier alpha value is 0.200. The smallest absolute Gasteiger partial charge is 0.147 e. The van der Waals surface area contributed by atoms with Crippen LogP contribution in [-0.4, -0.2) is 27.0 Å². The zero-order valence-corrected chi connectivity index (χ0v) is 7.67. The fourth-order valence-electron chi connectivity index (χ4n) is 0.509. The standard InChI is InChI=1S/C5H13NO2S.ClH/c1-9(7,8)5-3-2-4-6;/h2-6H2,1H3;1H. The van der Waals surface area contributed by atoms with Crippen LogP contribution in [-0.2, 0) is 9.84 Å². The number of hydrogen-bond acceptors (Lipinski definition) is 3. The minimum atomic E-state index is -2.75. The molecule has 0 aliphatic carbocycles. The minimum Gasteiger partial charge on any atom is -0.330 e. The van der Waals surface area contributed by atoms with E-state index in [1.165, 1.54) is 6.26 Å². The van der Waals surface area contributed by atoms with E-state index >= 15 is 0 Å². The van der Waals surface area contributed by atoms with E-state index < -0.39 is 9.84 Å². The Morgan fingerprint density at radius 2 is 1.80 bits per heavy atom. The maximum Gasteiger partial charge on any atom is 0.147 e. The van der Waals surface area contributed by atoms with E-state index in [4.69, 9.17) is 5.73 Å². The Morgan fingerprint density at radius 1 is 1.30 bits per heavy atom. The van der Waals surface area contributed by atoms with Gasteiger partial charge in [-0.2, -0.15) is 0 Å². The van der Waals surface area contributed by atoms with Gasteiger partial charge in [0.25, 0.3) is 0 Å². The molecule has 0 atom stereocenters.